The monoisotopic (exact) mass is 307 g/mol. The van der Waals surface area contributed by atoms with Gasteiger partial charge in [0.25, 0.3) is 5.91 Å². The number of ether oxygens (including phenoxy) is 2. The highest BCUT2D eigenvalue weighted by molar-refractivity contribution is 5.84. The Morgan fingerprint density at radius 1 is 1.36 bits per heavy atom. The standard InChI is InChI=1S/C16H21NO5/c1-11-9-12(6-7-14(11)21-2)22-10-15(18)17-8-4-3-5-13(17)16(19)20/h6-7,9,13H,3-5,8,10H2,1-2H3,(H,19,20)/t13-/m1/s1. The van der Waals surface area contributed by atoms with Gasteiger partial charge in [0.1, 0.15) is 17.5 Å². The fourth-order valence-electron chi connectivity index (χ4n) is 2.66. The molecule has 2 rings (SSSR count). The summed E-state index contributed by atoms with van der Waals surface area (Å²) in [6.45, 7) is 2.20. The molecule has 1 N–H and O–H groups in total. The second-order valence-corrected chi connectivity index (χ2v) is 5.36. The molecule has 0 radical (unpaired) electrons. The van der Waals surface area contributed by atoms with E-state index in [0.29, 0.717) is 18.7 Å². The molecule has 0 aromatic heterocycles. The Hall–Kier alpha value is -2.24. The van der Waals surface area contributed by atoms with Gasteiger partial charge in [0.05, 0.1) is 7.11 Å². The van der Waals surface area contributed by atoms with E-state index in [2.05, 4.69) is 0 Å². The number of nitrogens with zero attached hydrogens (tertiary/aromatic N) is 1. The van der Waals surface area contributed by atoms with Gasteiger partial charge in [-0.1, -0.05) is 0 Å². The van der Waals surface area contributed by atoms with E-state index in [0.717, 1.165) is 24.2 Å². The zero-order chi connectivity index (χ0) is 16.1. The van der Waals surface area contributed by atoms with Crippen molar-refractivity contribution in [3.05, 3.63) is 23.8 Å². The SMILES string of the molecule is COc1ccc(OCC(=O)N2CCCC[C@@H]2C(=O)O)cc1C. The molecule has 1 amide bonds. The normalized spacial score (nSPS) is 17.9. The molecule has 6 nitrogen and oxygen atoms in total. The van der Waals surface area contributed by atoms with Gasteiger partial charge in [0, 0.05) is 6.54 Å². The van der Waals surface area contributed by atoms with Crippen LogP contribution < -0.4 is 9.47 Å². The van der Waals surface area contributed by atoms with Gasteiger partial charge < -0.3 is 19.5 Å². The van der Waals surface area contributed by atoms with E-state index in [4.69, 9.17) is 9.47 Å². The smallest absolute Gasteiger partial charge is 0.326 e. The summed E-state index contributed by atoms with van der Waals surface area (Å²) < 4.78 is 10.7. The zero-order valence-corrected chi connectivity index (χ0v) is 12.9. The van der Waals surface area contributed by atoms with Gasteiger partial charge in [0.2, 0.25) is 0 Å². The Morgan fingerprint density at radius 3 is 2.77 bits per heavy atom. The first kappa shape index (κ1) is 16.1. The van der Waals surface area contributed by atoms with Gasteiger partial charge in [-0.3, -0.25) is 4.79 Å². The lowest BCUT2D eigenvalue weighted by molar-refractivity contribution is -0.152. The van der Waals surface area contributed by atoms with E-state index >= 15 is 0 Å². The molecular formula is C16H21NO5. The maximum Gasteiger partial charge on any atom is 0.326 e. The Balaban J connectivity index is 1.96. The third-order valence-electron chi connectivity index (χ3n) is 3.84. The van der Waals surface area contributed by atoms with Crippen molar-refractivity contribution >= 4 is 11.9 Å². The van der Waals surface area contributed by atoms with Crippen LogP contribution >= 0.6 is 0 Å². The van der Waals surface area contributed by atoms with Crippen molar-refractivity contribution < 1.29 is 24.2 Å². The molecule has 0 bridgehead atoms. The topological polar surface area (TPSA) is 76.1 Å². The number of carboxylic acid groups (broad SMARTS) is 1. The number of hydrogen-bond donors (Lipinski definition) is 1. The minimum Gasteiger partial charge on any atom is -0.496 e. The molecule has 0 spiro atoms. The quantitative estimate of drug-likeness (QED) is 0.898. The molecular weight excluding hydrogens is 286 g/mol. The number of methoxy groups -OCH3 is 1. The second kappa shape index (κ2) is 7.15. The van der Waals surface area contributed by atoms with E-state index in [1.807, 2.05) is 6.92 Å². The van der Waals surface area contributed by atoms with Crippen molar-refractivity contribution in [3.63, 3.8) is 0 Å². The number of benzene rings is 1. The Labute approximate surface area is 129 Å². The number of carboxylic acids is 1. The maximum absolute atomic E-state index is 12.2. The lowest BCUT2D eigenvalue weighted by Crippen LogP contribution is -2.49. The van der Waals surface area contributed by atoms with Crippen LogP contribution in [0.15, 0.2) is 18.2 Å². The minimum absolute atomic E-state index is 0.157. The van der Waals surface area contributed by atoms with E-state index in [1.165, 1.54) is 4.90 Å². The molecule has 1 aromatic carbocycles. The molecule has 1 aliphatic rings. The molecule has 0 saturated carbocycles. The molecule has 1 fully saturated rings. The molecule has 6 heteroatoms. The van der Waals surface area contributed by atoms with Gasteiger partial charge in [-0.15, -0.1) is 0 Å². The fourth-order valence-corrected chi connectivity index (χ4v) is 2.66. The first-order chi connectivity index (χ1) is 10.5. The molecule has 1 atom stereocenters. The fraction of sp³-hybridized carbons (Fsp3) is 0.500. The number of rotatable bonds is 5. The number of aryl methyl sites for hydroxylation is 1. The first-order valence-electron chi connectivity index (χ1n) is 7.32. The summed E-state index contributed by atoms with van der Waals surface area (Å²) in [4.78, 5) is 24.8. The lowest BCUT2D eigenvalue weighted by atomic mass is 10.0. The van der Waals surface area contributed by atoms with Crippen LogP contribution in [0.25, 0.3) is 0 Å². The first-order valence-corrected chi connectivity index (χ1v) is 7.32. The predicted molar refractivity (Wildman–Crippen MR) is 80.2 cm³/mol. The molecule has 1 saturated heterocycles. The molecule has 1 aliphatic heterocycles. The van der Waals surface area contributed by atoms with Crippen molar-refractivity contribution in [3.8, 4) is 11.5 Å². The van der Waals surface area contributed by atoms with Crippen molar-refractivity contribution in [1.29, 1.82) is 0 Å². The largest absolute Gasteiger partial charge is 0.496 e. The maximum atomic E-state index is 12.2. The average molecular weight is 307 g/mol. The van der Waals surface area contributed by atoms with Crippen LogP contribution in [0, 0.1) is 6.92 Å². The number of carbonyl (C=O) groups is 2. The third-order valence-corrected chi connectivity index (χ3v) is 3.84. The second-order valence-electron chi connectivity index (χ2n) is 5.36. The Bertz CT molecular complexity index is 557. The number of hydrogen-bond acceptors (Lipinski definition) is 4. The minimum atomic E-state index is -0.951. The van der Waals surface area contributed by atoms with Crippen LogP contribution in [0.2, 0.25) is 0 Å². The van der Waals surface area contributed by atoms with Gasteiger partial charge in [-0.2, -0.15) is 0 Å². The summed E-state index contributed by atoms with van der Waals surface area (Å²) in [6, 6.07) is 4.55. The Morgan fingerprint density at radius 2 is 2.14 bits per heavy atom. The van der Waals surface area contributed by atoms with Crippen molar-refractivity contribution in [2.75, 3.05) is 20.3 Å². The van der Waals surface area contributed by atoms with Crippen LogP contribution in [-0.2, 0) is 9.59 Å². The zero-order valence-electron chi connectivity index (χ0n) is 12.9. The highest BCUT2D eigenvalue weighted by atomic mass is 16.5. The molecule has 22 heavy (non-hydrogen) atoms. The molecule has 1 heterocycles. The highest BCUT2D eigenvalue weighted by Crippen LogP contribution is 2.23. The van der Waals surface area contributed by atoms with Crippen molar-refractivity contribution in [2.24, 2.45) is 0 Å². The summed E-state index contributed by atoms with van der Waals surface area (Å²) in [6.07, 6.45) is 2.17. The van der Waals surface area contributed by atoms with Gasteiger partial charge in [-0.25, -0.2) is 4.79 Å². The summed E-state index contributed by atoms with van der Waals surface area (Å²) in [5.41, 5.74) is 0.911. The van der Waals surface area contributed by atoms with Gasteiger partial charge >= 0.3 is 5.97 Å². The van der Waals surface area contributed by atoms with Gasteiger partial charge in [-0.05, 0) is 49.9 Å². The summed E-state index contributed by atoms with van der Waals surface area (Å²) >= 11 is 0. The molecule has 120 valence electrons. The van der Waals surface area contributed by atoms with Crippen LogP contribution in [-0.4, -0.2) is 48.2 Å². The van der Waals surface area contributed by atoms with Gasteiger partial charge in [0.15, 0.2) is 6.61 Å². The van der Waals surface area contributed by atoms with Crippen molar-refractivity contribution in [2.45, 2.75) is 32.2 Å². The summed E-state index contributed by atoms with van der Waals surface area (Å²) in [5.74, 6) is 0.0742. The predicted octanol–water partition coefficient (Wildman–Crippen LogP) is 1.85. The number of likely N-dealkylation sites (tertiary alicyclic amines) is 1. The van der Waals surface area contributed by atoms with E-state index in [-0.39, 0.29) is 12.5 Å². The third kappa shape index (κ3) is 3.69. The summed E-state index contributed by atoms with van der Waals surface area (Å²) in [5, 5.41) is 9.19. The molecule has 0 aliphatic carbocycles. The van der Waals surface area contributed by atoms with E-state index < -0.39 is 12.0 Å². The molecule has 1 aromatic rings. The number of aliphatic carboxylic acids is 1. The highest BCUT2D eigenvalue weighted by Gasteiger charge is 2.31. The Kier molecular flexibility index (Phi) is 5.25. The van der Waals surface area contributed by atoms with Crippen LogP contribution in [0.5, 0.6) is 11.5 Å². The van der Waals surface area contributed by atoms with E-state index in [1.54, 1.807) is 25.3 Å². The van der Waals surface area contributed by atoms with Crippen LogP contribution in [0.1, 0.15) is 24.8 Å². The van der Waals surface area contributed by atoms with Crippen molar-refractivity contribution in [1.82, 2.24) is 4.90 Å². The number of carbonyl (C=O) groups excluding carboxylic acids is 1. The van der Waals surface area contributed by atoms with Crippen LogP contribution in [0.4, 0.5) is 0 Å². The lowest BCUT2D eigenvalue weighted by Gasteiger charge is -2.32. The number of piperidine rings is 1. The van der Waals surface area contributed by atoms with Crippen LogP contribution in [0.3, 0.4) is 0 Å². The summed E-state index contributed by atoms with van der Waals surface area (Å²) in [7, 11) is 1.59. The average Bonchev–Trinajstić information content (AvgIpc) is 2.52. The molecule has 0 unspecified atom stereocenters. The van der Waals surface area contributed by atoms with E-state index in [9.17, 15) is 14.7 Å². The number of amides is 1.